The molecule has 0 aromatic rings. The maximum Gasteiger partial charge on any atom is 0.334 e. The molecule has 0 fully saturated rings. The molecule has 58 valence electrons. The summed E-state index contributed by atoms with van der Waals surface area (Å²) >= 11 is 0. The van der Waals surface area contributed by atoms with Crippen LogP contribution >= 0.6 is 0 Å². The van der Waals surface area contributed by atoms with E-state index in [9.17, 15) is 4.79 Å². The van der Waals surface area contributed by atoms with Gasteiger partial charge in [-0.1, -0.05) is 0 Å². The molecule has 0 rings (SSSR count). The Morgan fingerprint density at radius 2 is 2.30 bits per heavy atom. The second-order valence-electron chi connectivity index (χ2n) is 1.68. The van der Waals surface area contributed by atoms with Crippen molar-refractivity contribution >= 4 is 5.97 Å². The molecule has 0 aliphatic carbocycles. The van der Waals surface area contributed by atoms with Gasteiger partial charge < -0.3 is 14.6 Å². The molecule has 1 N–H and O–H groups in total. The molecule has 0 unspecified atom stereocenters. The third-order valence-electron chi connectivity index (χ3n) is 0.783. The van der Waals surface area contributed by atoms with E-state index in [1.54, 1.807) is 0 Å². The van der Waals surface area contributed by atoms with Crippen LogP contribution in [-0.4, -0.2) is 25.0 Å². The Hall–Kier alpha value is -1.03. The minimum absolute atomic E-state index is 0.0740. The first-order valence-electron chi connectivity index (χ1n) is 2.69. The van der Waals surface area contributed by atoms with Gasteiger partial charge in [0.25, 0.3) is 0 Å². The molecule has 0 aliphatic heterocycles. The van der Waals surface area contributed by atoms with E-state index in [0.29, 0.717) is 0 Å². The fourth-order valence-electron chi connectivity index (χ4n) is 0.277. The summed E-state index contributed by atoms with van der Waals surface area (Å²) < 4.78 is 9.15. The van der Waals surface area contributed by atoms with Crippen LogP contribution in [0.25, 0.3) is 0 Å². The summed E-state index contributed by atoms with van der Waals surface area (Å²) in [5.74, 6) is -0.990. The van der Waals surface area contributed by atoms with E-state index in [0.717, 1.165) is 6.26 Å². The summed E-state index contributed by atoms with van der Waals surface area (Å²) in [4.78, 5) is 10.1. The number of carbonyl (C=O) groups is 1. The minimum atomic E-state index is -0.990. The lowest BCUT2D eigenvalue weighted by molar-refractivity contribution is -0.132. The lowest BCUT2D eigenvalue weighted by atomic mass is 10.4. The predicted octanol–water partition coefficient (Wildman–Crippen LogP) is 0.595. The molecule has 4 heteroatoms. The smallest absolute Gasteiger partial charge is 0.334 e. The lowest BCUT2D eigenvalue weighted by Gasteiger charge is -1.97. The lowest BCUT2D eigenvalue weighted by Crippen LogP contribution is -1.98. The number of methoxy groups -OCH3 is 1. The molecular weight excluding hydrogens is 136 g/mol. The monoisotopic (exact) mass is 146 g/mol. The predicted molar refractivity (Wildman–Crippen MR) is 34.4 cm³/mol. The van der Waals surface area contributed by atoms with Crippen molar-refractivity contribution in [2.45, 2.75) is 6.92 Å². The van der Waals surface area contributed by atoms with Crippen LogP contribution in [0, 0.1) is 0 Å². The first-order chi connectivity index (χ1) is 4.68. The molecule has 10 heavy (non-hydrogen) atoms. The molecule has 0 aromatic carbocycles. The number of ether oxygens (including phenoxy) is 2. The van der Waals surface area contributed by atoms with E-state index in [-0.39, 0.29) is 12.4 Å². The van der Waals surface area contributed by atoms with Crippen molar-refractivity contribution < 1.29 is 19.4 Å². The Kier molecular flexibility index (Phi) is 4.32. The fourth-order valence-corrected chi connectivity index (χ4v) is 0.277. The van der Waals surface area contributed by atoms with Crippen LogP contribution in [0.15, 0.2) is 11.8 Å². The highest BCUT2D eigenvalue weighted by molar-refractivity contribution is 5.85. The number of carboxylic acids is 1. The van der Waals surface area contributed by atoms with Crippen molar-refractivity contribution in [1.29, 1.82) is 0 Å². The van der Waals surface area contributed by atoms with Crippen LogP contribution in [-0.2, 0) is 14.3 Å². The van der Waals surface area contributed by atoms with Gasteiger partial charge in [-0.15, -0.1) is 0 Å². The average molecular weight is 146 g/mol. The summed E-state index contributed by atoms with van der Waals surface area (Å²) in [6.45, 7) is 1.52. The largest absolute Gasteiger partial charge is 0.478 e. The first kappa shape index (κ1) is 8.97. The summed E-state index contributed by atoms with van der Waals surface area (Å²) in [6, 6.07) is 0. The maximum atomic E-state index is 10.1. The van der Waals surface area contributed by atoms with Gasteiger partial charge in [0.2, 0.25) is 0 Å². The molecule has 4 nitrogen and oxygen atoms in total. The zero-order chi connectivity index (χ0) is 7.98. The Balaban J connectivity index is 3.58. The van der Waals surface area contributed by atoms with Crippen molar-refractivity contribution in [2.75, 3.05) is 13.9 Å². The highest BCUT2D eigenvalue weighted by Crippen LogP contribution is 1.91. The third-order valence-corrected chi connectivity index (χ3v) is 0.783. The Labute approximate surface area is 59.1 Å². The van der Waals surface area contributed by atoms with Crippen LogP contribution in [0.2, 0.25) is 0 Å². The summed E-state index contributed by atoms with van der Waals surface area (Å²) in [6.07, 6.45) is 1.14. The second-order valence-corrected chi connectivity index (χ2v) is 1.68. The fraction of sp³-hybridized carbons (Fsp3) is 0.500. The second kappa shape index (κ2) is 4.81. The molecule has 0 heterocycles. The molecule has 0 amide bonds. The van der Waals surface area contributed by atoms with Crippen molar-refractivity contribution in [3.63, 3.8) is 0 Å². The van der Waals surface area contributed by atoms with Gasteiger partial charge >= 0.3 is 5.97 Å². The van der Waals surface area contributed by atoms with Crippen LogP contribution in [0.5, 0.6) is 0 Å². The molecule has 0 radical (unpaired) electrons. The van der Waals surface area contributed by atoms with E-state index in [1.807, 2.05) is 0 Å². The molecule has 0 saturated heterocycles. The zero-order valence-electron chi connectivity index (χ0n) is 5.96. The van der Waals surface area contributed by atoms with Crippen LogP contribution in [0.1, 0.15) is 6.92 Å². The van der Waals surface area contributed by atoms with Crippen LogP contribution in [0.4, 0.5) is 0 Å². The molecule has 0 saturated carbocycles. The number of rotatable bonds is 4. The van der Waals surface area contributed by atoms with E-state index < -0.39 is 5.97 Å². The summed E-state index contributed by atoms with van der Waals surface area (Å²) in [7, 11) is 1.46. The van der Waals surface area contributed by atoms with Crippen molar-refractivity contribution in [1.82, 2.24) is 0 Å². The summed E-state index contributed by atoms with van der Waals surface area (Å²) in [5.41, 5.74) is 0.150. The van der Waals surface area contributed by atoms with Gasteiger partial charge in [0.05, 0.1) is 11.8 Å². The molecule has 0 aromatic heterocycles. The van der Waals surface area contributed by atoms with Crippen LogP contribution in [0.3, 0.4) is 0 Å². The average Bonchev–Trinajstić information content (AvgIpc) is 1.88. The van der Waals surface area contributed by atoms with E-state index in [4.69, 9.17) is 5.11 Å². The van der Waals surface area contributed by atoms with Gasteiger partial charge in [-0.2, -0.15) is 0 Å². The van der Waals surface area contributed by atoms with Crippen molar-refractivity contribution in [3.05, 3.63) is 11.8 Å². The molecule has 0 spiro atoms. The van der Waals surface area contributed by atoms with Gasteiger partial charge in [0.15, 0.2) is 6.79 Å². The number of hydrogen-bond donors (Lipinski definition) is 1. The Morgan fingerprint density at radius 3 is 2.70 bits per heavy atom. The first-order valence-corrected chi connectivity index (χ1v) is 2.69. The van der Waals surface area contributed by atoms with Gasteiger partial charge in [-0.3, -0.25) is 0 Å². The minimum Gasteiger partial charge on any atom is -0.478 e. The number of aliphatic carboxylic acids is 1. The molecule has 0 aliphatic rings. The normalized spacial score (nSPS) is 11.2. The standard InChI is InChI=1S/C6H10O4/c1-5(6(7)8)3-10-4-9-2/h3H,4H2,1-2H3,(H,7,8). The van der Waals surface area contributed by atoms with Crippen molar-refractivity contribution in [2.24, 2.45) is 0 Å². The third kappa shape index (κ3) is 3.91. The van der Waals surface area contributed by atoms with Gasteiger partial charge in [-0.25, -0.2) is 4.79 Å². The number of hydrogen-bond acceptors (Lipinski definition) is 3. The highest BCUT2D eigenvalue weighted by atomic mass is 16.7. The maximum absolute atomic E-state index is 10.1. The Morgan fingerprint density at radius 1 is 1.70 bits per heavy atom. The summed E-state index contributed by atoms with van der Waals surface area (Å²) in [5, 5.41) is 8.29. The SMILES string of the molecule is COCOC=C(C)C(=O)O. The van der Waals surface area contributed by atoms with E-state index in [1.165, 1.54) is 14.0 Å². The van der Waals surface area contributed by atoms with Crippen LogP contribution < -0.4 is 0 Å². The molecule has 0 bridgehead atoms. The Bertz CT molecular complexity index is 139. The zero-order valence-corrected chi connectivity index (χ0v) is 5.96. The van der Waals surface area contributed by atoms with Crippen molar-refractivity contribution in [3.8, 4) is 0 Å². The van der Waals surface area contributed by atoms with Gasteiger partial charge in [0.1, 0.15) is 0 Å². The number of carboxylic acid groups (broad SMARTS) is 1. The van der Waals surface area contributed by atoms with Gasteiger partial charge in [-0.05, 0) is 6.92 Å². The highest BCUT2D eigenvalue weighted by Gasteiger charge is 1.97. The van der Waals surface area contributed by atoms with E-state index in [2.05, 4.69) is 9.47 Å². The quantitative estimate of drug-likeness (QED) is 0.273. The van der Waals surface area contributed by atoms with E-state index >= 15 is 0 Å². The molecular formula is C6H10O4. The van der Waals surface area contributed by atoms with Gasteiger partial charge in [0, 0.05) is 7.11 Å². The molecule has 0 atom stereocenters. The topological polar surface area (TPSA) is 55.8 Å².